The third-order valence-corrected chi connectivity index (χ3v) is 0.649. The van der Waals surface area contributed by atoms with Gasteiger partial charge in [-0.15, -0.1) is 12.6 Å². The number of halogens is 5. The van der Waals surface area contributed by atoms with Gasteiger partial charge in [0.25, 0.3) is 0 Å². The summed E-state index contributed by atoms with van der Waals surface area (Å²) in [4.78, 5) is 0. The Hall–Kier alpha value is 1.39. The van der Waals surface area contributed by atoms with Crippen LogP contribution in [0.3, 0.4) is 0 Å². The fraction of sp³-hybridized carbons (Fsp3) is 0.200. The van der Waals surface area contributed by atoms with Crippen molar-refractivity contribution >= 4 is 47.6 Å². The predicted octanol–water partition coefficient (Wildman–Crippen LogP) is 4.89. The third kappa shape index (κ3) is 22.5. The molecule has 0 aromatic heterocycles. The first-order chi connectivity index (χ1) is 5.24. The molecule has 74 valence electrons. The van der Waals surface area contributed by atoms with Crippen LogP contribution in [0, 0.1) is 0 Å². The minimum absolute atomic E-state index is 0.858. The van der Waals surface area contributed by atoms with Gasteiger partial charge in [-0.1, -0.05) is 12.2 Å². The van der Waals surface area contributed by atoms with E-state index in [9.17, 15) is 0 Å². The quantitative estimate of drug-likeness (QED) is 0.506. The van der Waals surface area contributed by atoms with Gasteiger partial charge in [-0.05, 0) is 0 Å². The van der Waals surface area contributed by atoms with Gasteiger partial charge in [-0.25, -0.2) is 0 Å². The molecule has 0 aromatic carbocycles. The molecule has 0 aliphatic carbocycles. The van der Waals surface area contributed by atoms with Crippen LogP contribution in [0.2, 0.25) is 0 Å². The summed E-state index contributed by atoms with van der Waals surface area (Å²) in [7, 11) is 20.9. The van der Waals surface area contributed by atoms with Crippen molar-refractivity contribution in [1.29, 1.82) is 0 Å². The second kappa shape index (κ2) is 5.32. The molecule has 0 amide bonds. The summed E-state index contributed by atoms with van der Waals surface area (Å²) in [5.74, 6) is 0. The molecule has 0 radical (unpaired) electrons. The summed E-state index contributed by atoms with van der Waals surface area (Å²) in [6, 6.07) is 0. The molecule has 0 fully saturated rings. The van der Waals surface area contributed by atoms with E-state index >= 15 is 0 Å². The third-order valence-electron chi connectivity index (χ3n) is 0.649. The Balaban J connectivity index is 0.000000202. The number of hydrogen-bond donors (Lipinski definition) is 0. The summed E-state index contributed by atoms with van der Waals surface area (Å²) < 4.78 is 0. The first-order valence-corrected chi connectivity index (χ1v) is 19.5. The average Bonchev–Trinajstić information content (AvgIpc) is 1.86. The van der Waals surface area contributed by atoms with E-state index in [1.165, 1.54) is 0 Å². The molecule has 0 aromatic rings. The Morgan fingerprint density at radius 2 is 1.50 bits per heavy atom. The van der Waals surface area contributed by atoms with Gasteiger partial charge in [0.05, 0.1) is 0 Å². The molecule has 0 atom stereocenters. The molecule has 1 aliphatic heterocycles. The van der Waals surface area contributed by atoms with Crippen LogP contribution < -0.4 is 0 Å². The van der Waals surface area contributed by atoms with E-state index in [4.69, 9.17) is 47.6 Å². The van der Waals surface area contributed by atoms with Gasteiger partial charge in [-0.2, -0.15) is 6.20 Å². The van der Waals surface area contributed by atoms with E-state index in [2.05, 4.69) is 5.32 Å². The average molecular weight is 444 g/mol. The van der Waals surface area contributed by atoms with E-state index in [1.54, 1.807) is 6.20 Å². The first kappa shape index (κ1) is 13.4. The number of nitrogens with zero attached hydrogens (tertiary/aromatic N) is 1. The normalized spacial score (nSPS) is 18.2. The molecule has 7 heteroatoms. The van der Waals surface area contributed by atoms with E-state index < -0.39 is 9.21 Å². The SMILES string of the molecule is C1=CC[N-]C=C1.[Cl][Re]([Cl])([Cl])([Cl])[Cl]. The van der Waals surface area contributed by atoms with Crippen LogP contribution >= 0.6 is 47.6 Å². The summed E-state index contributed by atoms with van der Waals surface area (Å²) in [6.07, 6.45) is 7.73. The van der Waals surface area contributed by atoms with Crippen molar-refractivity contribution in [3.8, 4) is 0 Å². The Morgan fingerprint density at radius 1 is 1.00 bits per heavy atom. The molecule has 1 rings (SSSR count). The molecule has 1 nitrogen and oxygen atoms in total. The van der Waals surface area contributed by atoms with Crippen molar-refractivity contribution in [1.82, 2.24) is 0 Å². The van der Waals surface area contributed by atoms with E-state index in [-0.39, 0.29) is 0 Å². The molecular weight excluding hydrogens is 438 g/mol. The molecule has 0 saturated heterocycles. The molecule has 1 heterocycles. The Bertz CT molecular complexity index is 163. The number of rotatable bonds is 0. The van der Waals surface area contributed by atoms with Crippen molar-refractivity contribution in [3.05, 3.63) is 29.7 Å². The molecule has 1 aliphatic rings. The molecule has 0 spiro atoms. The van der Waals surface area contributed by atoms with Gasteiger partial charge in [-0.3, -0.25) is 0 Å². The number of hydrogen-bond acceptors (Lipinski definition) is 0. The summed E-state index contributed by atoms with van der Waals surface area (Å²) >= 11 is 0. The van der Waals surface area contributed by atoms with Gasteiger partial charge in [0.2, 0.25) is 0 Å². The topological polar surface area (TPSA) is 14.1 Å². The maximum atomic E-state index is 5.05. The zero-order valence-electron chi connectivity index (χ0n) is 5.73. The van der Waals surface area contributed by atoms with Gasteiger partial charge < -0.3 is 5.32 Å². The Kier molecular flexibility index (Phi) is 5.93. The van der Waals surface area contributed by atoms with Crippen molar-refractivity contribution in [2.75, 3.05) is 6.54 Å². The summed E-state index contributed by atoms with van der Waals surface area (Å²) in [5.41, 5.74) is 0. The molecule has 0 saturated carbocycles. The van der Waals surface area contributed by atoms with Crippen LogP contribution in [-0.2, 0) is 9.21 Å². The predicted molar refractivity (Wildman–Crippen MR) is 55.8 cm³/mol. The van der Waals surface area contributed by atoms with Crippen LogP contribution in [0.15, 0.2) is 24.4 Å². The van der Waals surface area contributed by atoms with E-state index in [0.29, 0.717) is 0 Å². The fourth-order valence-corrected chi connectivity index (χ4v) is 0.372. The monoisotopic (exact) mass is 442 g/mol. The molecule has 0 unspecified atom stereocenters. The second-order valence-corrected chi connectivity index (χ2v) is 40.9. The van der Waals surface area contributed by atoms with Crippen LogP contribution in [0.1, 0.15) is 0 Å². The minimum atomic E-state index is -4.34. The van der Waals surface area contributed by atoms with E-state index in [0.717, 1.165) is 6.54 Å². The Labute approximate surface area is 92.3 Å². The summed E-state index contributed by atoms with van der Waals surface area (Å²) in [5, 5.41) is 3.91. The van der Waals surface area contributed by atoms with Crippen molar-refractivity contribution in [2.24, 2.45) is 0 Å². The fourth-order valence-electron chi connectivity index (χ4n) is 0.372. The Morgan fingerprint density at radius 3 is 1.58 bits per heavy atom. The maximum absolute atomic E-state index is 5.05. The van der Waals surface area contributed by atoms with Crippen molar-refractivity contribution in [2.45, 2.75) is 0 Å². The van der Waals surface area contributed by atoms with Gasteiger partial charge in [0.15, 0.2) is 0 Å². The molecule has 12 heavy (non-hydrogen) atoms. The first-order valence-electron chi connectivity index (χ1n) is 2.70. The van der Waals surface area contributed by atoms with Crippen LogP contribution in [0.5, 0.6) is 0 Å². The number of allylic oxidation sites excluding steroid dienone is 2. The molecular formula is C5H6Cl5NRe-. The second-order valence-electron chi connectivity index (χ2n) is 1.67. The molecule has 0 N–H and O–H groups in total. The van der Waals surface area contributed by atoms with Crippen LogP contribution in [0.25, 0.3) is 5.32 Å². The van der Waals surface area contributed by atoms with Crippen molar-refractivity contribution in [3.63, 3.8) is 0 Å². The van der Waals surface area contributed by atoms with E-state index in [1.807, 2.05) is 18.2 Å². The molecule has 0 bridgehead atoms. The van der Waals surface area contributed by atoms with Crippen LogP contribution in [-0.4, -0.2) is 6.54 Å². The zero-order valence-corrected chi connectivity index (χ0v) is 12.2. The van der Waals surface area contributed by atoms with Gasteiger partial charge in [0.1, 0.15) is 0 Å². The summed E-state index contributed by atoms with van der Waals surface area (Å²) in [6.45, 7) is 0.858. The zero-order chi connectivity index (χ0) is 9.69. The van der Waals surface area contributed by atoms with Crippen molar-refractivity contribution < 1.29 is 9.21 Å². The van der Waals surface area contributed by atoms with Gasteiger partial charge in [0, 0.05) is 0 Å². The van der Waals surface area contributed by atoms with Crippen LogP contribution in [0.4, 0.5) is 0 Å². The van der Waals surface area contributed by atoms with Gasteiger partial charge >= 0.3 is 56.9 Å². The standard InChI is InChI=1S/C5H6N.5ClH.Re/c1-2-4-6-5-3-1;;;;;;/h1-4H,5H2;5*1H;/q-1;;;;;;+5/p-5.